The zero-order chi connectivity index (χ0) is 20.3. The Hall–Kier alpha value is -3.17. The molecule has 2 heterocycles. The van der Waals surface area contributed by atoms with Crippen LogP contribution in [0.2, 0.25) is 0 Å². The summed E-state index contributed by atoms with van der Waals surface area (Å²) in [7, 11) is 0. The molecule has 0 saturated carbocycles. The SMILES string of the molecule is O=C(O)c1cnc(C(=O)Nc2cc(C(F)(F)F)ccc2N2CCCCC2)cn1. The van der Waals surface area contributed by atoms with E-state index < -0.39 is 23.6 Å². The Morgan fingerprint density at radius 3 is 2.25 bits per heavy atom. The normalized spacial score (nSPS) is 14.6. The first-order chi connectivity index (χ1) is 13.3. The standard InChI is InChI=1S/C18H17F3N4O3/c19-18(20,21)11-4-5-15(25-6-2-1-3-7-25)12(8-11)24-16(26)13-9-23-14(10-22-13)17(27)28/h4-5,8-10H,1-3,6-7H2,(H,24,26)(H,27,28). The summed E-state index contributed by atoms with van der Waals surface area (Å²) in [6.07, 6.45) is 0.197. The largest absolute Gasteiger partial charge is 0.476 e. The topological polar surface area (TPSA) is 95.4 Å². The number of hydrogen-bond donors (Lipinski definition) is 2. The van der Waals surface area contributed by atoms with E-state index in [4.69, 9.17) is 5.11 Å². The number of carboxylic acids is 1. The van der Waals surface area contributed by atoms with Gasteiger partial charge in [0.25, 0.3) is 5.91 Å². The summed E-state index contributed by atoms with van der Waals surface area (Å²) >= 11 is 0. The molecule has 0 spiro atoms. The molecular formula is C18H17F3N4O3. The van der Waals surface area contributed by atoms with Crippen molar-refractivity contribution in [3.8, 4) is 0 Å². The van der Waals surface area contributed by atoms with Crippen molar-refractivity contribution >= 4 is 23.3 Å². The summed E-state index contributed by atoms with van der Waals surface area (Å²) in [5.74, 6) is -2.08. The van der Waals surface area contributed by atoms with Crippen LogP contribution in [-0.4, -0.2) is 40.0 Å². The number of hydrogen-bond acceptors (Lipinski definition) is 5. The van der Waals surface area contributed by atoms with Crippen molar-refractivity contribution in [2.75, 3.05) is 23.3 Å². The fourth-order valence-electron chi connectivity index (χ4n) is 2.97. The van der Waals surface area contributed by atoms with Gasteiger partial charge >= 0.3 is 12.1 Å². The van der Waals surface area contributed by atoms with Gasteiger partial charge in [-0.1, -0.05) is 0 Å². The Balaban J connectivity index is 1.91. The molecule has 1 aromatic carbocycles. The summed E-state index contributed by atoms with van der Waals surface area (Å²) in [6, 6.07) is 3.23. The quantitative estimate of drug-likeness (QED) is 0.825. The van der Waals surface area contributed by atoms with Crippen LogP contribution in [0.5, 0.6) is 0 Å². The smallest absolute Gasteiger partial charge is 0.416 e. The van der Waals surface area contributed by atoms with Crippen LogP contribution in [0.25, 0.3) is 0 Å². The molecule has 1 aliphatic rings. The lowest BCUT2D eigenvalue weighted by Crippen LogP contribution is -2.30. The van der Waals surface area contributed by atoms with Gasteiger partial charge in [-0.3, -0.25) is 4.79 Å². The molecule has 0 bridgehead atoms. The number of carbonyl (C=O) groups is 2. The second kappa shape index (κ2) is 7.83. The van der Waals surface area contributed by atoms with Gasteiger partial charge in [0.15, 0.2) is 5.69 Å². The van der Waals surface area contributed by atoms with Crippen molar-refractivity contribution in [2.24, 2.45) is 0 Å². The average Bonchev–Trinajstić information content (AvgIpc) is 2.68. The number of anilines is 2. The Labute approximate surface area is 158 Å². The van der Waals surface area contributed by atoms with Crippen LogP contribution in [0.3, 0.4) is 0 Å². The van der Waals surface area contributed by atoms with E-state index >= 15 is 0 Å². The number of halogens is 3. The molecule has 1 saturated heterocycles. The highest BCUT2D eigenvalue weighted by atomic mass is 19.4. The molecule has 10 heteroatoms. The molecule has 0 atom stereocenters. The Bertz CT molecular complexity index is 879. The van der Waals surface area contributed by atoms with E-state index in [0.717, 1.165) is 43.8 Å². The number of carboxylic acid groups (broad SMARTS) is 1. The van der Waals surface area contributed by atoms with Gasteiger partial charge in [0.05, 0.1) is 29.3 Å². The van der Waals surface area contributed by atoms with E-state index in [1.807, 2.05) is 4.90 Å². The third kappa shape index (κ3) is 4.38. The van der Waals surface area contributed by atoms with Crippen molar-refractivity contribution < 1.29 is 27.9 Å². The third-order valence-electron chi connectivity index (χ3n) is 4.37. The maximum Gasteiger partial charge on any atom is 0.416 e. The molecule has 28 heavy (non-hydrogen) atoms. The number of nitrogens with one attached hydrogen (secondary N) is 1. The molecule has 148 valence electrons. The molecular weight excluding hydrogens is 377 g/mol. The van der Waals surface area contributed by atoms with Gasteiger partial charge in [-0.05, 0) is 37.5 Å². The molecule has 0 unspecified atom stereocenters. The molecule has 3 rings (SSSR count). The van der Waals surface area contributed by atoms with Crippen LogP contribution in [0.1, 0.15) is 45.8 Å². The second-order valence-electron chi connectivity index (χ2n) is 6.32. The minimum absolute atomic E-state index is 0.0193. The van der Waals surface area contributed by atoms with Crippen LogP contribution < -0.4 is 10.2 Å². The third-order valence-corrected chi connectivity index (χ3v) is 4.37. The average molecular weight is 394 g/mol. The molecule has 1 aliphatic heterocycles. The van der Waals surface area contributed by atoms with Crippen LogP contribution in [-0.2, 0) is 6.18 Å². The molecule has 0 aliphatic carbocycles. The van der Waals surface area contributed by atoms with Crippen molar-refractivity contribution in [1.82, 2.24) is 9.97 Å². The maximum absolute atomic E-state index is 13.1. The van der Waals surface area contributed by atoms with Crippen LogP contribution in [0.4, 0.5) is 24.5 Å². The lowest BCUT2D eigenvalue weighted by atomic mass is 10.1. The summed E-state index contributed by atoms with van der Waals surface area (Å²) in [5, 5.41) is 11.3. The number of alkyl halides is 3. The number of nitrogens with zero attached hydrogens (tertiary/aromatic N) is 3. The van der Waals surface area contributed by atoms with Gasteiger partial charge in [-0.2, -0.15) is 13.2 Å². The molecule has 0 radical (unpaired) electrons. The highest BCUT2D eigenvalue weighted by Gasteiger charge is 2.32. The number of aromatic nitrogens is 2. The monoisotopic (exact) mass is 394 g/mol. The van der Waals surface area contributed by atoms with E-state index in [2.05, 4.69) is 15.3 Å². The number of amides is 1. The minimum Gasteiger partial charge on any atom is -0.476 e. The highest BCUT2D eigenvalue weighted by molar-refractivity contribution is 6.04. The van der Waals surface area contributed by atoms with Gasteiger partial charge in [-0.25, -0.2) is 14.8 Å². The van der Waals surface area contributed by atoms with Crippen LogP contribution in [0.15, 0.2) is 30.6 Å². The van der Waals surface area contributed by atoms with Gasteiger partial charge in [0, 0.05) is 13.1 Å². The van der Waals surface area contributed by atoms with Crippen LogP contribution >= 0.6 is 0 Å². The molecule has 1 aromatic heterocycles. The summed E-state index contributed by atoms with van der Waals surface area (Å²) < 4.78 is 39.4. The zero-order valence-electron chi connectivity index (χ0n) is 14.7. The van der Waals surface area contributed by atoms with E-state index in [9.17, 15) is 22.8 Å². The molecule has 2 aromatic rings. The number of rotatable bonds is 4. The molecule has 1 amide bonds. The molecule has 1 fully saturated rings. The first-order valence-corrected chi connectivity index (χ1v) is 8.58. The van der Waals surface area contributed by atoms with Crippen molar-refractivity contribution in [2.45, 2.75) is 25.4 Å². The summed E-state index contributed by atoms with van der Waals surface area (Å²) in [5.41, 5.74) is -0.908. The fraction of sp³-hybridized carbons (Fsp3) is 0.333. The number of piperidine rings is 1. The first kappa shape index (κ1) is 19.6. The number of aromatic carboxylic acids is 1. The van der Waals surface area contributed by atoms with Crippen molar-refractivity contribution in [3.63, 3.8) is 0 Å². The molecule has 7 nitrogen and oxygen atoms in total. The predicted molar refractivity (Wildman–Crippen MR) is 94.5 cm³/mol. The fourth-order valence-corrected chi connectivity index (χ4v) is 2.97. The zero-order valence-corrected chi connectivity index (χ0v) is 14.7. The summed E-state index contributed by atoms with van der Waals surface area (Å²) in [4.78, 5) is 32.5. The van der Waals surface area contributed by atoms with Gasteiger partial charge in [-0.15, -0.1) is 0 Å². The minimum atomic E-state index is -4.55. The Kier molecular flexibility index (Phi) is 5.48. The predicted octanol–water partition coefficient (Wildman–Crippen LogP) is 3.44. The lowest BCUT2D eigenvalue weighted by Gasteiger charge is -2.31. The van der Waals surface area contributed by atoms with E-state index in [1.165, 1.54) is 6.07 Å². The summed E-state index contributed by atoms with van der Waals surface area (Å²) in [6.45, 7) is 1.36. The number of benzene rings is 1. The van der Waals surface area contributed by atoms with Gasteiger partial charge < -0.3 is 15.3 Å². The molecule has 2 N–H and O–H groups in total. The van der Waals surface area contributed by atoms with Gasteiger partial charge in [0.1, 0.15) is 5.69 Å². The van der Waals surface area contributed by atoms with Crippen LogP contribution in [0, 0.1) is 0 Å². The highest BCUT2D eigenvalue weighted by Crippen LogP contribution is 2.36. The Morgan fingerprint density at radius 2 is 1.68 bits per heavy atom. The van der Waals surface area contributed by atoms with E-state index in [1.54, 1.807) is 0 Å². The number of carbonyl (C=O) groups excluding carboxylic acids is 1. The first-order valence-electron chi connectivity index (χ1n) is 8.58. The maximum atomic E-state index is 13.1. The van der Waals surface area contributed by atoms with E-state index in [-0.39, 0.29) is 17.1 Å². The Morgan fingerprint density at radius 1 is 1.04 bits per heavy atom. The van der Waals surface area contributed by atoms with Gasteiger partial charge in [0.2, 0.25) is 0 Å². The lowest BCUT2D eigenvalue weighted by molar-refractivity contribution is -0.137. The second-order valence-corrected chi connectivity index (χ2v) is 6.32. The van der Waals surface area contributed by atoms with E-state index in [0.29, 0.717) is 18.8 Å². The van der Waals surface area contributed by atoms with Crippen molar-refractivity contribution in [3.05, 3.63) is 47.5 Å². The van der Waals surface area contributed by atoms with Crippen molar-refractivity contribution in [1.29, 1.82) is 0 Å².